The van der Waals surface area contributed by atoms with Crippen molar-refractivity contribution in [1.29, 1.82) is 0 Å². The van der Waals surface area contributed by atoms with E-state index in [2.05, 4.69) is 5.10 Å². The van der Waals surface area contributed by atoms with Gasteiger partial charge in [-0.25, -0.2) is 4.39 Å². The molecule has 2 aliphatic rings. The molecule has 1 aromatic heterocycles. The molecule has 2 fully saturated rings. The first-order valence-corrected chi connectivity index (χ1v) is 10.9. The van der Waals surface area contributed by atoms with Gasteiger partial charge in [0.1, 0.15) is 11.5 Å². The van der Waals surface area contributed by atoms with E-state index in [1.807, 2.05) is 41.3 Å². The number of carbonyl (C=O) groups is 2. The fourth-order valence-electron chi connectivity index (χ4n) is 4.49. The summed E-state index contributed by atoms with van der Waals surface area (Å²) in [6.07, 6.45) is 0.806. The van der Waals surface area contributed by atoms with E-state index in [9.17, 15) is 14.0 Å². The lowest BCUT2D eigenvalue weighted by Crippen LogP contribution is -2.51. The van der Waals surface area contributed by atoms with E-state index >= 15 is 0 Å². The molecule has 164 valence electrons. The number of piperazine rings is 1. The van der Waals surface area contributed by atoms with Crippen LogP contribution in [0.3, 0.4) is 0 Å². The Morgan fingerprint density at radius 1 is 0.938 bits per heavy atom. The summed E-state index contributed by atoms with van der Waals surface area (Å²) in [7, 11) is 1.78. The van der Waals surface area contributed by atoms with Crippen LogP contribution in [-0.2, 0) is 11.8 Å². The number of hydrogen-bond acceptors (Lipinski definition) is 3. The van der Waals surface area contributed by atoms with Crippen molar-refractivity contribution in [2.24, 2.45) is 13.0 Å². The minimum absolute atomic E-state index is 0.0341. The van der Waals surface area contributed by atoms with Crippen molar-refractivity contribution in [3.63, 3.8) is 0 Å². The van der Waals surface area contributed by atoms with Crippen molar-refractivity contribution in [2.75, 3.05) is 26.2 Å². The van der Waals surface area contributed by atoms with Crippen molar-refractivity contribution in [2.45, 2.75) is 12.3 Å². The molecule has 0 N–H and O–H groups in total. The summed E-state index contributed by atoms with van der Waals surface area (Å²) in [6.45, 7) is 2.07. The highest BCUT2D eigenvalue weighted by Gasteiger charge is 2.46. The molecule has 2 amide bonds. The van der Waals surface area contributed by atoms with E-state index in [-0.39, 0.29) is 29.5 Å². The summed E-state index contributed by atoms with van der Waals surface area (Å²) in [5.41, 5.74) is 3.30. The molecular formula is C25H25FN4O2. The normalized spacial score (nSPS) is 20.3. The zero-order valence-corrected chi connectivity index (χ0v) is 17.9. The molecule has 3 aromatic rings. The smallest absolute Gasteiger partial charge is 0.272 e. The molecule has 1 saturated heterocycles. The van der Waals surface area contributed by atoms with E-state index in [4.69, 9.17) is 0 Å². The molecule has 32 heavy (non-hydrogen) atoms. The summed E-state index contributed by atoms with van der Waals surface area (Å²) in [6, 6.07) is 18.0. The third-order valence-electron chi connectivity index (χ3n) is 6.45. The maximum Gasteiger partial charge on any atom is 0.272 e. The Balaban J connectivity index is 1.19. The minimum Gasteiger partial charge on any atom is -0.339 e. The van der Waals surface area contributed by atoms with Gasteiger partial charge in [-0.3, -0.25) is 14.3 Å². The average Bonchev–Trinajstić information content (AvgIpc) is 3.53. The van der Waals surface area contributed by atoms with Crippen LogP contribution in [0.5, 0.6) is 0 Å². The fourth-order valence-corrected chi connectivity index (χ4v) is 4.49. The van der Waals surface area contributed by atoms with Crippen LogP contribution >= 0.6 is 0 Å². The zero-order chi connectivity index (χ0) is 22.2. The van der Waals surface area contributed by atoms with Gasteiger partial charge in [0.25, 0.3) is 5.91 Å². The molecule has 1 saturated carbocycles. The Kier molecular flexibility index (Phi) is 5.25. The average molecular weight is 432 g/mol. The van der Waals surface area contributed by atoms with Gasteiger partial charge in [-0.15, -0.1) is 0 Å². The maximum atomic E-state index is 13.1. The number of rotatable bonds is 4. The summed E-state index contributed by atoms with van der Waals surface area (Å²) in [5.74, 6) is -0.0487. The lowest BCUT2D eigenvalue weighted by Gasteiger charge is -2.35. The first-order chi connectivity index (χ1) is 15.5. The van der Waals surface area contributed by atoms with Crippen LogP contribution in [0.2, 0.25) is 0 Å². The summed E-state index contributed by atoms with van der Waals surface area (Å²) in [5, 5.41) is 4.50. The van der Waals surface area contributed by atoms with E-state index in [0.29, 0.717) is 31.9 Å². The van der Waals surface area contributed by atoms with Gasteiger partial charge in [0, 0.05) is 44.7 Å². The molecular weight excluding hydrogens is 407 g/mol. The topological polar surface area (TPSA) is 58.4 Å². The Bertz CT molecular complexity index is 1130. The predicted molar refractivity (Wildman–Crippen MR) is 118 cm³/mol. The summed E-state index contributed by atoms with van der Waals surface area (Å²) in [4.78, 5) is 29.6. The van der Waals surface area contributed by atoms with Crippen LogP contribution in [0, 0.1) is 11.7 Å². The van der Waals surface area contributed by atoms with Crippen LogP contribution in [0.25, 0.3) is 11.3 Å². The number of amides is 2. The molecule has 2 heterocycles. The second-order valence-electron chi connectivity index (χ2n) is 8.52. The third-order valence-corrected chi connectivity index (χ3v) is 6.45. The standard InChI is InChI=1S/C25H25FN4O2/c1-28-23(16-22(27-28)18-5-3-2-4-6-18)25(32)30-13-11-29(12-14-30)24(31)21-15-20(21)17-7-9-19(26)10-8-17/h2-10,16,20-21H,11-15H2,1H3. The molecule has 6 nitrogen and oxygen atoms in total. The Morgan fingerprint density at radius 2 is 1.59 bits per heavy atom. The highest BCUT2D eigenvalue weighted by atomic mass is 19.1. The van der Waals surface area contributed by atoms with Gasteiger partial charge in [0.15, 0.2) is 0 Å². The van der Waals surface area contributed by atoms with Crippen molar-refractivity contribution in [3.05, 3.63) is 77.7 Å². The van der Waals surface area contributed by atoms with Gasteiger partial charge in [-0.1, -0.05) is 42.5 Å². The second kappa shape index (κ2) is 8.22. The molecule has 1 aliphatic heterocycles. The molecule has 0 bridgehead atoms. The van der Waals surface area contributed by atoms with E-state index in [0.717, 1.165) is 23.2 Å². The number of hydrogen-bond donors (Lipinski definition) is 0. The van der Waals surface area contributed by atoms with Gasteiger partial charge in [-0.05, 0) is 36.1 Å². The molecule has 1 aliphatic carbocycles. The van der Waals surface area contributed by atoms with Crippen LogP contribution in [-0.4, -0.2) is 57.6 Å². The SMILES string of the molecule is Cn1nc(-c2ccccc2)cc1C(=O)N1CCN(C(=O)C2CC2c2ccc(F)cc2)CC1. The van der Waals surface area contributed by atoms with Gasteiger partial charge in [-0.2, -0.15) is 5.10 Å². The maximum absolute atomic E-state index is 13.1. The second-order valence-corrected chi connectivity index (χ2v) is 8.52. The van der Waals surface area contributed by atoms with Gasteiger partial charge >= 0.3 is 0 Å². The summed E-state index contributed by atoms with van der Waals surface area (Å²) >= 11 is 0. The van der Waals surface area contributed by atoms with E-state index in [1.54, 1.807) is 28.8 Å². The molecule has 0 radical (unpaired) electrons. The monoisotopic (exact) mass is 432 g/mol. The first-order valence-electron chi connectivity index (χ1n) is 10.9. The molecule has 2 unspecified atom stereocenters. The highest BCUT2D eigenvalue weighted by molar-refractivity contribution is 5.94. The van der Waals surface area contributed by atoms with Gasteiger partial charge in [0.2, 0.25) is 5.91 Å². The fraction of sp³-hybridized carbons (Fsp3) is 0.320. The highest BCUT2D eigenvalue weighted by Crippen LogP contribution is 2.48. The van der Waals surface area contributed by atoms with Crippen LogP contribution < -0.4 is 0 Å². The summed E-state index contributed by atoms with van der Waals surface area (Å²) < 4.78 is 14.8. The number of aromatic nitrogens is 2. The predicted octanol–water partition coefficient (Wildman–Crippen LogP) is 3.31. The van der Waals surface area contributed by atoms with E-state index in [1.165, 1.54) is 12.1 Å². The molecule has 2 aromatic carbocycles. The number of halogens is 1. The Hall–Kier alpha value is -3.48. The molecule has 0 spiro atoms. The van der Waals surface area contributed by atoms with Gasteiger partial charge in [0.05, 0.1) is 5.69 Å². The number of nitrogens with zero attached hydrogens (tertiary/aromatic N) is 4. The van der Waals surface area contributed by atoms with Crippen molar-refractivity contribution in [3.8, 4) is 11.3 Å². The number of carbonyl (C=O) groups excluding carboxylic acids is 2. The number of benzene rings is 2. The Labute approximate surface area is 186 Å². The van der Waals surface area contributed by atoms with Crippen LogP contribution in [0.1, 0.15) is 28.4 Å². The lowest BCUT2D eigenvalue weighted by molar-refractivity contribution is -0.134. The minimum atomic E-state index is -0.262. The number of aryl methyl sites for hydroxylation is 1. The molecule has 5 rings (SSSR count). The Morgan fingerprint density at radius 3 is 2.28 bits per heavy atom. The third kappa shape index (κ3) is 3.90. The van der Waals surface area contributed by atoms with Crippen LogP contribution in [0.4, 0.5) is 4.39 Å². The van der Waals surface area contributed by atoms with Crippen molar-refractivity contribution in [1.82, 2.24) is 19.6 Å². The largest absolute Gasteiger partial charge is 0.339 e. The van der Waals surface area contributed by atoms with E-state index < -0.39 is 0 Å². The van der Waals surface area contributed by atoms with Crippen LogP contribution in [0.15, 0.2) is 60.7 Å². The zero-order valence-electron chi connectivity index (χ0n) is 17.9. The van der Waals surface area contributed by atoms with Gasteiger partial charge < -0.3 is 9.80 Å². The molecule has 7 heteroatoms. The first kappa shape index (κ1) is 20.4. The quantitative estimate of drug-likeness (QED) is 0.636. The molecule has 2 atom stereocenters. The lowest BCUT2D eigenvalue weighted by atomic mass is 10.1. The van der Waals surface area contributed by atoms with Crippen molar-refractivity contribution < 1.29 is 14.0 Å². The van der Waals surface area contributed by atoms with Crippen molar-refractivity contribution >= 4 is 11.8 Å².